The fourth-order valence-corrected chi connectivity index (χ4v) is 4.63. The molecule has 0 radical (unpaired) electrons. The van der Waals surface area contributed by atoms with Gasteiger partial charge in [0.25, 0.3) is 0 Å². The number of aryl methyl sites for hydroxylation is 2. The largest absolute Gasteiger partial charge is 0.422 e. The normalized spacial score (nSPS) is 10.6. The molecule has 0 saturated carbocycles. The summed E-state index contributed by atoms with van der Waals surface area (Å²) in [6, 6.07) is 26.3. The average Bonchev–Trinajstić information content (AvgIpc) is 2.92. The van der Waals surface area contributed by atoms with Crippen molar-refractivity contribution in [1.82, 2.24) is 0 Å². The molecule has 0 bridgehead atoms. The second kappa shape index (κ2) is 13.1. The average molecular weight is 545 g/mol. The molecule has 0 spiro atoms. The van der Waals surface area contributed by atoms with Crippen LogP contribution in [0.5, 0.6) is 11.5 Å². The first-order valence-electron chi connectivity index (χ1n) is 13.7. The fraction of sp³-hybridized carbons (Fsp3) is 0.189. The summed E-state index contributed by atoms with van der Waals surface area (Å²) in [6.45, 7) is 16.0. The molecule has 0 unspecified atom stereocenters. The van der Waals surface area contributed by atoms with Crippen LogP contribution in [-0.2, 0) is 19.3 Å². The Morgan fingerprint density at radius 2 is 0.902 bits per heavy atom. The zero-order valence-electron chi connectivity index (χ0n) is 24.3. The molecule has 0 N–H and O–H groups in total. The summed E-state index contributed by atoms with van der Waals surface area (Å²) in [4.78, 5) is 26.4. The SMILES string of the molecule is C=C(C)Cc1cccc(Cc2cccc(CC(=C)C)c2OC(=O)c2ccc(C)cc2)c1OC(=O)c1ccc(C)cc1. The van der Waals surface area contributed by atoms with E-state index in [-0.39, 0.29) is 0 Å². The lowest BCUT2D eigenvalue weighted by atomic mass is 9.95. The van der Waals surface area contributed by atoms with Gasteiger partial charge < -0.3 is 9.47 Å². The highest BCUT2D eigenvalue weighted by atomic mass is 16.5. The van der Waals surface area contributed by atoms with Gasteiger partial charge in [0.05, 0.1) is 11.1 Å². The molecule has 4 aromatic carbocycles. The summed E-state index contributed by atoms with van der Waals surface area (Å²) in [5.74, 6) is 0.148. The van der Waals surface area contributed by atoms with E-state index < -0.39 is 11.9 Å². The molecule has 208 valence electrons. The topological polar surface area (TPSA) is 52.6 Å². The van der Waals surface area contributed by atoms with Gasteiger partial charge in [0.1, 0.15) is 11.5 Å². The first-order chi connectivity index (χ1) is 19.6. The van der Waals surface area contributed by atoms with Gasteiger partial charge >= 0.3 is 11.9 Å². The number of carbonyl (C=O) groups is 2. The lowest BCUT2D eigenvalue weighted by molar-refractivity contribution is 0.0724. The Balaban J connectivity index is 1.75. The van der Waals surface area contributed by atoms with Crippen LogP contribution in [0.3, 0.4) is 0 Å². The van der Waals surface area contributed by atoms with E-state index >= 15 is 0 Å². The van der Waals surface area contributed by atoms with Crippen LogP contribution in [0.1, 0.15) is 67.9 Å². The Morgan fingerprint density at radius 3 is 1.24 bits per heavy atom. The molecule has 4 rings (SSSR count). The van der Waals surface area contributed by atoms with Gasteiger partial charge in [0.15, 0.2) is 0 Å². The second-order valence-corrected chi connectivity index (χ2v) is 10.8. The number of allylic oxidation sites excluding steroid dienone is 2. The van der Waals surface area contributed by atoms with E-state index in [1.807, 2.05) is 88.4 Å². The molecule has 0 aromatic heterocycles. The number of benzene rings is 4. The van der Waals surface area contributed by atoms with Crippen LogP contribution >= 0.6 is 0 Å². The molecule has 4 nitrogen and oxygen atoms in total. The van der Waals surface area contributed by atoms with Gasteiger partial charge in [-0.15, -0.1) is 0 Å². The number of ether oxygens (including phenoxy) is 2. The molecule has 41 heavy (non-hydrogen) atoms. The van der Waals surface area contributed by atoms with Crippen molar-refractivity contribution in [3.8, 4) is 11.5 Å². The standard InChI is InChI=1S/C37H36O4/c1-24(2)21-30-9-7-11-32(34(30)40-36(38)28-17-13-26(5)14-18-28)23-33-12-8-10-31(22-25(3)4)35(33)41-37(39)29-19-15-27(6)16-20-29/h7-20H,1,3,21-23H2,2,4-6H3. The summed E-state index contributed by atoms with van der Waals surface area (Å²) in [5, 5.41) is 0. The first-order valence-corrected chi connectivity index (χ1v) is 13.7. The summed E-state index contributed by atoms with van der Waals surface area (Å²) in [5.41, 5.74) is 8.33. The van der Waals surface area contributed by atoms with Crippen molar-refractivity contribution < 1.29 is 19.1 Å². The molecule has 0 amide bonds. The molecular weight excluding hydrogens is 508 g/mol. The minimum Gasteiger partial charge on any atom is -0.422 e. The van der Waals surface area contributed by atoms with Gasteiger partial charge in [-0.25, -0.2) is 9.59 Å². The Labute approximate surface area is 243 Å². The minimum absolute atomic E-state index is 0.390. The van der Waals surface area contributed by atoms with Crippen molar-refractivity contribution in [3.05, 3.63) is 154 Å². The minimum atomic E-state index is -0.428. The maximum Gasteiger partial charge on any atom is 0.343 e. The Morgan fingerprint density at radius 1 is 0.561 bits per heavy atom. The molecule has 4 aromatic rings. The highest BCUT2D eigenvalue weighted by Crippen LogP contribution is 2.34. The maximum absolute atomic E-state index is 13.2. The van der Waals surface area contributed by atoms with E-state index in [0.29, 0.717) is 41.9 Å². The lowest BCUT2D eigenvalue weighted by Gasteiger charge is -2.18. The van der Waals surface area contributed by atoms with E-state index in [4.69, 9.17) is 9.47 Å². The quantitative estimate of drug-likeness (QED) is 0.114. The van der Waals surface area contributed by atoms with Crippen LogP contribution in [0, 0.1) is 13.8 Å². The fourth-order valence-electron chi connectivity index (χ4n) is 4.63. The zero-order valence-corrected chi connectivity index (χ0v) is 24.3. The predicted molar refractivity (Wildman–Crippen MR) is 165 cm³/mol. The van der Waals surface area contributed by atoms with Crippen molar-refractivity contribution in [2.24, 2.45) is 0 Å². The second-order valence-electron chi connectivity index (χ2n) is 10.8. The van der Waals surface area contributed by atoms with E-state index in [1.54, 1.807) is 24.3 Å². The third-order valence-electron chi connectivity index (χ3n) is 6.69. The van der Waals surface area contributed by atoms with E-state index in [1.165, 1.54) is 0 Å². The molecule has 0 aliphatic carbocycles. The van der Waals surface area contributed by atoms with Gasteiger partial charge in [-0.2, -0.15) is 0 Å². The smallest absolute Gasteiger partial charge is 0.343 e. The van der Waals surface area contributed by atoms with Crippen LogP contribution in [0.25, 0.3) is 0 Å². The van der Waals surface area contributed by atoms with Gasteiger partial charge in [0.2, 0.25) is 0 Å². The summed E-state index contributed by atoms with van der Waals surface area (Å²) in [6.07, 6.45) is 1.52. The van der Waals surface area contributed by atoms with Gasteiger partial charge in [0, 0.05) is 6.42 Å². The van der Waals surface area contributed by atoms with Crippen LogP contribution in [-0.4, -0.2) is 11.9 Å². The van der Waals surface area contributed by atoms with Gasteiger partial charge in [-0.05, 0) is 87.1 Å². The number of carbonyl (C=O) groups excluding carboxylic acids is 2. The summed E-state index contributed by atoms with van der Waals surface area (Å²) in [7, 11) is 0. The summed E-state index contributed by atoms with van der Waals surface area (Å²) < 4.78 is 12.1. The molecule has 4 heteroatoms. The van der Waals surface area contributed by atoms with E-state index in [9.17, 15) is 9.59 Å². The van der Waals surface area contributed by atoms with Crippen LogP contribution in [0.2, 0.25) is 0 Å². The number of esters is 2. The maximum atomic E-state index is 13.2. The molecule has 0 atom stereocenters. The molecule has 0 fully saturated rings. The highest BCUT2D eigenvalue weighted by molar-refractivity contribution is 5.92. The zero-order chi connectivity index (χ0) is 29.5. The Bertz CT molecular complexity index is 1470. The lowest BCUT2D eigenvalue weighted by Crippen LogP contribution is -2.14. The third kappa shape index (κ3) is 7.70. The monoisotopic (exact) mass is 544 g/mol. The molecule has 0 aliphatic heterocycles. The Kier molecular flexibility index (Phi) is 9.36. The molecular formula is C37H36O4. The van der Waals surface area contributed by atoms with Crippen LogP contribution < -0.4 is 9.47 Å². The molecule has 0 heterocycles. The molecule has 0 aliphatic rings. The van der Waals surface area contributed by atoms with Crippen molar-refractivity contribution in [3.63, 3.8) is 0 Å². The van der Waals surface area contributed by atoms with Crippen LogP contribution in [0.15, 0.2) is 109 Å². The van der Waals surface area contributed by atoms with Crippen molar-refractivity contribution in [1.29, 1.82) is 0 Å². The van der Waals surface area contributed by atoms with Gasteiger partial charge in [-0.1, -0.05) is 96.1 Å². The van der Waals surface area contributed by atoms with Crippen molar-refractivity contribution >= 4 is 11.9 Å². The third-order valence-corrected chi connectivity index (χ3v) is 6.69. The van der Waals surface area contributed by atoms with Crippen LogP contribution in [0.4, 0.5) is 0 Å². The van der Waals surface area contributed by atoms with E-state index in [2.05, 4.69) is 13.2 Å². The first kappa shape index (κ1) is 29.3. The molecule has 0 saturated heterocycles. The number of para-hydroxylation sites is 2. The predicted octanol–water partition coefficient (Wildman–Crippen LogP) is 8.57. The number of hydrogen-bond donors (Lipinski definition) is 0. The van der Waals surface area contributed by atoms with Crippen molar-refractivity contribution in [2.45, 2.75) is 47.0 Å². The number of hydrogen-bond acceptors (Lipinski definition) is 4. The summed E-state index contributed by atoms with van der Waals surface area (Å²) >= 11 is 0. The van der Waals surface area contributed by atoms with E-state index in [0.717, 1.165) is 44.5 Å². The highest BCUT2D eigenvalue weighted by Gasteiger charge is 2.20. The van der Waals surface area contributed by atoms with Crippen molar-refractivity contribution in [2.75, 3.05) is 0 Å². The number of rotatable bonds is 10. The Hall–Kier alpha value is -4.70. The van der Waals surface area contributed by atoms with Gasteiger partial charge in [-0.3, -0.25) is 0 Å².